The van der Waals surface area contributed by atoms with Crippen molar-refractivity contribution in [3.63, 3.8) is 0 Å². The molecule has 0 aliphatic rings. The van der Waals surface area contributed by atoms with Gasteiger partial charge < -0.3 is 5.32 Å². The Morgan fingerprint density at radius 2 is 2.38 bits per heavy atom. The molecule has 1 unspecified atom stereocenters. The Morgan fingerprint density at radius 3 is 2.85 bits per heavy atom. The van der Waals surface area contributed by atoms with Crippen molar-refractivity contribution in [1.82, 2.24) is 15.1 Å². The molecule has 0 aliphatic heterocycles. The monoisotopic (exact) mass is 245 g/mol. The third kappa shape index (κ3) is 2.81. The minimum absolute atomic E-state index is 0.557. The molecular weight excluding hydrogens is 230 g/mol. The summed E-state index contributed by atoms with van der Waals surface area (Å²) in [6.45, 7) is 2.18. The number of nitrogens with zero attached hydrogens (tertiary/aromatic N) is 2. The molecule has 0 bridgehead atoms. The van der Waals surface area contributed by atoms with Crippen molar-refractivity contribution in [3.8, 4) is 0 Å². The topological polar surface area (TPSA) is 29.9 Å². The highest BCUT2D eigenvalue weighted by molar-refractivity contribution is 9.10. The molecule has 1 heterocycles. The highest BCUT2D eigenvalue weighted by Gasteiger charge is 2.07. The number of hydrogen-bond donors (Lipinski definition) is 1. The average Bonchev–Trinajstić information content (AvgIpc) is 2.43. The molecule has 0 saturated carbocycles. The quantitative estimate of drug-likeness (QED) is 0.876. The average molecular weight is 246 g/mol. The van der Waals surface area contributed by atoms with E-state index in [1.165, 1.54) is 5.69 Å². The van der Waals surface area contributed by atoms with E-state index in [4.69, 9.17) is 0 Å². The fourth-order valence-electron chi connectivity index (χ4n) is 1.21. The van der Waals surface area contributed by atoms with Crippen LogP contribution in [-0.4, -0.2) is 22.9 Å². The Balaban J connectivity index is 2.53. The van der Waals surface area contributed by atoms with Gasteiger partial charge in [0.2, 0.25) is 0 Å². The van der Waals surface area contributed by atoms with Gasteiger partial charge in [-0.15, -0.1) is 0 Å². The van der Waals surface area contributed by atoms with Crippen molar-refractivity contribution >= 4 is 15.9 Å². The normalized spacial score (nSPS) is 13.2. The third-order valence-corrected chi connectivity index (χ3v) is 2.98. The second-order valence-corrected chi connectivity index (χ2v) is 4.15. The van der Waals surface area contributed by atoms with Crippen LogP contribution in [0.2, 0.25) is 0 Å². The van der Waals surface area contributed by atoms with E-state index in [-0.39, 0.29) is 0 Å². The maximum absolute atomic E-state index is 4.17. The van der Waals surface area contributed by atoms with Crippen LogP contribution in [0.3, 0.4) is 0 Å². The molecule has 0 spiro atoms. The second-order valence-electron chi connectivity index (χ2n) is 3.29. The first-order chi connectivity index (χ1) is 6.15. The van der Waals surface area contributed by atoms with Crippen LogP contribution in [0, 0.1) is 0 Å². The Morgan fingerprint density at radius 1 is 1.69 bits per heavy atom. The van der Waals surface area contributed by atoms with Crippen LogP contribution in [0.5, 0.6) is 0 Å². The molecule has 0 aliphatic carbocycles. The van der Waals surface area contributed by atoms with Crippen LogP contribution < -0.4 is 5.32 Å². The van der Waals surface area contributed by atoms with E-state index in [2.05, 4.69) is 33.3 Å². The van der Waals surface area contributed by atoms with Crippen molar-refractivity contribution in [2.75, 3.05) is 7.05 Å². The molecule has 4 heteroatoms. The molecule has 0 aromatic carbocycles. The minimum Gasteiger partial charge on any atom is -0.317 e. The van der Waals surface area contributed by atoms with Crippen molar-refractivity contribution in [2.24, 2.45) is 7.05 Å². The van der Waals surface area contributed by atoms with Gasteiger partial charge in [0.05, 0.1) is 16.4 Å². The molecule has 1 rings (SSSR count). The van der Waals surface area contributed by atoms with Gasteiger partial charge >= 0.3 is 0 Å². The summed E-state index contributed by atoms with van der Waals surface area (Å²) in [5, 5.41) is 7.39. The Kier molecular flexibility index (Phi) is 3.93. The van der Waals surface area contributed by atoms with Crippen LogP contribution in [0.4, 0.5) is 0 Å². The molecule has 3 nitrogen and oxygen atoms in total. The SMILES string of the molecule is CNC(C)CCc1c(Br)cnn1C. The van der Waals surface area contributed by atoms with E-state index in [0.717, 1.165) is 17.3 Å². The number of halogens is 1. The lowest BCUT2D eigenvalue weighted by Crippen LogP contribution is -2.22. The highest BCUT2D eigenvalue weighted by atomic mass is 79.9. The first kappa shape index (κ1) is 10.7. The summed E-state index contributed by atoms with van der Waals surface area (Å²) in [5.41, 5.74) is 1.27. The number of aromatic nitrogens is 2. The molecule has 1 aromatic rings. The Labute approximate surface area is 87.6 Å². The Hall–Kier alpha value is -0.350. The third-order valence-electron chi connectivity index (χ3n) is 2.32. The molecule has 74 valence electrons. The van der Waals surface area contributed by atoms with E-state index >= 15 is 0 Å². The number of rotatable bonds is 4. The lowest BCUT2D eigenvalue weighted by Gasteiger charge is -2.09. The van der Waals surface area contributed by atoms with Crippen molar-refractivity contribution < 1.29 is 0 Å². The molecule has 1 aromatic heterocycles. The smallest absolute Gasteiger partial charge is 0.0635 e. The first-order valence-corrected chi connectivity index (χ1v) is 5.28. The van der Waals surface area contributed by atoms with Gasteiger partial charge in [0.25, 0.3) is 0 Å². The second kappa shape index (κ2) is 4.77. The largest absolute Gasteiger partial charge is 0.317 e. The van der Waals surface area contributed by atoms with Crippen LogP contribution in [0.25, 0.3) is 0 Å². The van der Waals surface area contributed by atoms with Crippen LogP contribution in [0.1, 0.15) is 19.0 Å². The standard InChI is InChI=1S/C9H16BrN3/c1-7(11-2)4-5-9-8(10)6-12-13(9)3/h6-7,11H,4-5H2,1-3H3. The molecule has 0 fully saturated rings. The van der Waals surface area contributed by atoms with Crippen LogP contribution >= 0.6 is 15.9 Å². The highest BCUT2D eigenvalue weighted by Crippen LogP contribution is 2.16. The van der Waals surface area contributed by atoms with Gasteiger partial charge in [0.15, 0.2) is 0 Å². The molecule has 13 heavy (non-hydrogen) atoms. The van der Waals surface area contributed by atoms with Crippen LogP contribution in [0.15, 0.2) is 10.7 Å². The Bertz CT molecular complexity index is 250. The molecule has 0 radical (unpaired) electrons. The van der Waals surface area contributed by atoms with E-state index < -0.39 is 0 Å². The van der Waals surface area contributed by atoms with Crippen LogP contribution in [-0.2, 0) is 13.5 Å². The first-order valence-electron chi connectivity index (χ1n) is 4.48. The fourth-order valence-corrected chi connectivity index (χ4v) is 1.76. The zero-order valence-corrected chi connectivity index (χ0v) is 9.93. The summed E-state index contributed by atoms with van der Waals surface area (Å²) in [5.74, 6) is 0. The van der Waals surface area contributed by atoms with Crippen molar-refractivity contribution in [3.05, 3.63) is 16.4 Å². The summed E-state index contributed by atoms with van der Waals surface area (Å²) >= 11 is 3.49. The fraction of sp³-hybridized carbons (Fsp3) is 0.667. The van der Waals surface area contributed by atoms with Gasteiger partial charge in [-0.25, -0.2) is 0 Å². The molecule has 1 atom stereocenters. The molecule has 1 N–H and O–H groups in total. The zero-order chi connectivity index (χ0) is 9.84. The number of aryl methyl sites for hydroxylation is 1. The summed E-state index contributed by atoms with van der Waals surface area (Å²) in [6.07, 6.45) is 4.03. The zero-order valence-electron chi connectivity index (χ0n) is 8.34. The molecular formula is C9H16BrN3. The predicted octanol–water partition coefficient (Wildman–Crippen LogP) is 1.72. The van der Waals surface area contributed by atoms with E-state index in [0.29, 0.717) is 6.04 Å². The minimum atomic E-state index is 0.557. The van der Waals surface area contributed by atoms with Crippen molar-refractivity contribution in [2.45, 2.75) is 25.8 Å². The van der Waals surface area contributed by atoms with Gasteiger partial charge in [-0.3, -0.25) is 4.68 Å². The van der Waals surface area contributed by atoms with E-state index in [1.54, 1.807) is 0 Å². The van der Waals surface area contributed by atoms with Gasteiger partial charge in [-0.05, 0) is 42.7 Å². The maximum atomic E-state index is 4.17. The van der Waals surface area contributed by atoms with Gasteiger partial charge in [-0.2, -0.15) is 5.10 Å². The van der Waals surface area contributed by atoms with Gasteiger partial charge in [0.1, 0.15) is 0 Å². The number of hydrogen-bond acceptors (Lipinski definition) is 2. The van der Waals surface area contributed by atoms with E-state index in [1.807, 2.05) is 25.0 Å². The van der Waals surface area contributed by atoms with E-state index in [9.17, 15) is 0 Å². The lowest BCUT2D eigenvalue weighted by molar-refractivity contribution is 0.549. The number of nitrogens with one attached hydrogen (secondary N) is 1. The summed E-state index contributed by atoms with van der Waals surface area (Å²) in [4.78, 5) is 0. The molecule has 0 saturated heterocycles. The predicted molar refractivity (Wildman–Crippen MR) is 57.8 cm³/mol. The summed E-state index contributed by atoms with van der Waals surface area (Å²) < 4.78 is 3.03. The summed E-state index contributed by atoms with van der Waals surface area (Å²) in [7, 11) is 3.97. The van der Waals surface area contributed by atoms with Crippen molar-refractivity contribution in [1.29, 1.82) is 0 Å². The molecule has 0 amide bonds. The lowest BCUT2D eigenvalue weighted by atomic mass is 10.1. The van der Waals surface area contributed by atoms with Gasteiger partial charge in [-0.1, -0.05) is 0 Å². The maximum Gasteiger partial charge on any atom is 0.0635 e. The summed E-state index contributed by atoms with van der Waals surface area (Å²) in [6, 6.07) is 0.557. The van der Waals surface area contributed by atoms with Gasteiger partial charge in [0, 0.05) is 13.1 Å².